The van der Waals surface area contributed by atoms with Crippen molar-refractivity contribution in [1.29, 1.82) is 0 Å². The third-order valence-electron chi connectivity index (χ3n) is 1.34. The van der Waals surface area contributed by atoms with Crippen LogP contribution in [0.15, 0.2) is 9.93 Å². The van der Waals surface area contributed by atoms with Crippen LogP contribution in [0.25, 0.3) is 0 Å². The average Bonchev–Trinajstić information content (AvgIpc) is 2.30. The molecule has 4 heteroatoms. The van der Waals surface area contributed by atoms with Crippen molar-refractivity contribution in [2.45, 2.75) is 18.8 Å². The van der Waals surface area contributed by atoms with Gasteiger partial charge >= 0.3 is 0 Å². The summed E-state index contributed by atoms with van der Waals surface area (Å²) in [5.41, 5.74) is 7.04. The van der Waals surface area contributed by atoms with Gasteiger partial charge in [0, 0.05) is 5.70 Å². The molecule has 1 heterocycles. The van der Waals surface area contributed by atoms with Crippen LogP contribution in [0, 0.1) is 0 Å². The van der Waals surface area contributed by atoms with Crippen LogP contribution in [0.5, 0.6) is 0 Å². The molecule has 0 radical (unpaired) electrons. The highest BCUT2D eigenvalue weighted by molar-refractivity contribution is 8.22. The van der Waals surface area contributed by atoms with E-state index in [0.29, 0.717) is 0 Å². The van der Waals surface area contributed by atoms with Gasteiger partial charge < -0.3 is 11.1 Å². The Morgan fingerprint density at radius 2 is 2.50 bits per heavy atom. The van der Waals surface area contributed by atoms with E-state index in [1.54, 1.807) is 23.5 Å². The largest absolute Gasteiger partial charge is 0.363 e. The van der Waals surface area contributed by atoms with Gasteiger partial charge in [-0.15, -0.1) is 11.8 Å². The zero-order valence-corrected chi connectivity index (χ0v) is 7.81. The molecule has 0 aliphatic carbocycles. The first-order valence-electron chi connectivity index (χ1n) is 3.23. The number of allylic oxidation sites excluding steroid dienone is 1. The lowest BCUT2D eigenvalue weighted by atomic mass is 10.4. The molecule has 58 valence electrons. The Bertz CT molecular complexity index is 140. The molecule has 1 aliphatic heterocycles. The Morgan fingerprint density at radius 3 is 2.90 bits per heavy atom. The highest BCUT2D eigenvalue weighted by atomic mass is 32.2. The van der Waals surface area contributed by atoms with Gasteiger partial charge in [-0.25, -0.2) is 0 Å². The fourth-order valence-corrected chi connectivity index (χ4v) is 2.79. The summed E-state index contributed by atoms with van der Waals surface area (Å²) in [5, 5.41) is 3.20. The molecule has 10 heavy (non-hydrogen) atoms. The second-order valence-corrected chi connectivity index (χ2v) is 4.23. The van der Waals surface area contributed by atoms with Crippen molar-refractivity contribution in [1.82, 2.24) is 5.32 Å². The van der Waals surface area contributed by atoms with Crippen molar-refractivity contribution in [3.63, 3.8) is 0 Å². The van der Waals surface area contributed by atoms with Crippen LogP contribution in [-0.2, 0) is 0 Å². The van der Waals surface area contributed by atoms with Gasteiger partial charge in [-0.2, -0.15) is 0 Å². The first-order valence-corrected chi connectivity index (χ1v) is 5.34. The van der Waals surface area contributed by atoms with E-state index in [4.69, 9.17) is 5.73 Å². The minimum Gasteiger partial charge on any atom is -0.363 e. The van der Waals surface area contributed by atoms with Crippen LogP contribution in [0.3, 0.4) is 0 Å². The summed E-state index contributed by atoms with van der Waals surface area (Å²) in [4.78, 5) is 0. The topological polar surface area (TPSA) is 38.0 Å². The molecule has 0 fully saturated rings. The molecule has 0 aromatic heterocycles. The van der Waals surface area contributed by atoms with E-state index < -0.39 is 0 Å². The predicted molar refractivity (Wildman–Crippen MR) is 49.5 cm³/mol. The molecule has 1 atom stereocenters. The summed E-state index contributed by atoms with van der Waals surface area (Å²) in [6, 6.07) is 0. The minimum absolute atomic E-state index is 0.0809. The van der Waals surface area contributed by atoms with Crippen molar-refractivity contribution < 1.29 is 0 Å². The number of thioether (sulfide) groups is 2. The Hall–Kier alpha value is 0.200. The van der Waals surface area contributed by atoms with Gasteiger partial charge in [-0.05, 0) is 12.7 Å². The molecular weight excluding hydrogens is 164 g/mol. The molecule has 0 amide bonds. The summed E-state index contributed by atoms with van der Waals surface area (Å²) < 4.78 is 1.34. The molecule has 1 aliphatic rings. The molecule has 0 aromatic rings. The van der Waals surface area contributed by atoms with E-state index in [2.05, 4.69) is 18.5 Å². The molecule has 1 rings (SSSR count). The van der Waals surface area contributed by atoms with E-state index in [1.807, 2.05) is 0 Å². The third-order valence-corrected chi connectivity index (χ3v) is 3.57. The van der Waals surface area contributed by atoms with Crippen LogP contribution >= 0.6 is 23.5 Å². The van der Waals surface area contributed by atoms with Crippen molar-refractivity contribution in [3.8, 4) is 0 Å². The van der Waals surface area contributed by atoms with Gasteiger partial charge in [0.15, 0.2) is 0 Å². The van der Waals surface area contributed by atoms with E-state index in [-0.39, 0.29) is 5.50 Å². The standard InChI is InChI=1S/C6H12N2S2/c1-3-4-5(9-2)10-6(7)8-4/h6,8H,3,7H2,1-2H3. The monoisotopic (exact) mass is 176 g/mol. The highest BCUT2D eigenvalue weighted by Crippen LogP contribution is 2.36. The van der Waals surface area contributed by atoms with Crippen LogP contribution < -0.4 is 11.1 Å². The molecule has 0 bridgehead atoms. The average molecular weight is 176 g/mol. The first kappa shape index (κ1) is 8.30. The summed E-state index contributed by atoms with van der Waals surface area (Å²) in [6.45, 7) is 2.14. The Morgan fingerprint density at radius 1 is 1.80 bits per heavy atom. The summed E-state index contributed by atoms with van der Waals surface area (Å²) in [7, 11) is 0. The summed E-state index contributed by atoms with van der Waals surface area (Å²) in [6.07, 6.45) is 3.13. The zero-order chi connectivity index (χ0) is 7.56. The lowest BCUT2D eigenvalue weighted by Gasteiger charge is -2.02. The summed E-state index contributed by atoms with van der Waals surface area (Å²) >= 11 is 3.48. The molecule has 3 N–H and O–H groups in total. The SMILES string of the molecule is CCC1=C(SC)SC(N)N1. The van der Waals surface area contributed by atoms with E-state index in [0.717, 1.165) is 6.42 Å². The van der Waals surface area contributed by atoms with Gasteiger partial charge in [-0.3, -0.25) is 0 Å². The fourth-order valence-electron chi connectivity index (χ4n) is 0.864. The maximum absolute atomic E-state index is 5.66. The molecule has 0 saturated heterocycles. The lowest BCUT2D eigenvalue weighted by molar-refractivity contribution is 0.759. The fraction of sp³-hybridized carbons (Fsp3) is 0.667. The van der Waals surface area contributed by atoms with Gasteiger partial charge in [0.2, 0.25) is 0 Å². The van der Waals surface area contributed by atoms with Crippen molar-refractivity contribution in [2.75, 3.05) is 6.26 Å². The molecular formula is C6H12N2S2. The Balaban J connectivity index is 2.61. The van der Waals surface area contributed by atoms with E-state index in [1.165, 1.54) is 9.93 Å². The quantitative estimate of drug-likeness (QED) is 0.669. The van der Waals surface area contributed by atoms with Crippen LogP contribution in [0.1, 0.15) is 13.3 Å². The van der Waals surface area contributed by atoms with Gasteiger partial charge in [0.05, 0.1) is 4.24 Å². The number of nitrogens with two attached hydrogens (primary N) is 1. The number of hydrogen-bond acceptors (Lipinski definition) is 4. The van der Waals surface area contributed by atoms with Crippen LogP contribution in [0.2, 0.25) is 0 Å². The molecule has 0 saturated carbocycles. The van der Waals surface area contributed by atoms with Crippen molar-refractivity contribution in [3.05, 3.63) is 9.93 Å². The van der Waals surface area contributed by atoms with Crippen molar-refractivity contribution >= 4 is 23.5 Å². The molecule has 2 nitrogen and oxygen atoms in total. The maximum atomic E-state index is 5.66. The van der Waals surface area contributed by atoms with Crippen LogP contribution in [0.4, 0.5) is 0 Å². The van der Waals surface area contributed by atoms with E-state index >= 15 is 0 Å². The van der Waals surface area contributed by atoms with Gasteiger partial charge in [-0.1, -0.05) is 18.7 Å². The third kappa shape index (κ3) is 1.62. The molecule has 0 aromatic carbocycles. The molecule has 1 unspecified atom stereocenters. The second kappa shape index (κ2) is 3.55. The second-order valence-electron chi connectivity index (χ2n) is 2.01. The summed E-state index contributed by atoms with van der Waals surface area (Å²) in [5.74, 6) is 0. The highest BCUT2D eigenvalue weighted by Gasteiger charge is 2.18. The maximum Gasteiger partial charge on any atom is 0.128 e. The van der Waals surface area contributed by atoms with Gasteiger partial charge in [0.25, 0.3) is 0 Å². The zero-order valence-electron chi connectivity index (χ0n) is 6.18. The number of hydrogen-bond donors (Lipinski definition) is 2. The molecule has 0 spiro atoms. The Labute approximate surface area is 70.0 Å². The normalized spacial score (nSPS) is 25.3. The van der Waals surface area contributed by atoms with E-state index in [9.17, 15) is 0 Å². The van der Waals surface area contributed by atoms with Crippen molar-refractivity contribution in [2.24, 2.45) is 5.73 Å². The first-order chi connectivity index (χ1) is 4.77. The number of nitrogens with one attached hydrogen (secondary N) is 1. The number of rotatable bonds is 2. The predicted octanol–water partition coefficient (Wildman–Crippen LogP) is 1.51. The minimum atomic E-state index is 0.0809. The smallest absolute Gasteiger partial charge is 0.128 e. The lowest BCUT2D eigenvalue weighted by Crippen LogP contribution is -2.28. The Kier molecular flexibility index (Phi) is 2.95. The van der Waals surface area contributed by atoms with Crippen LogP contribution in [-0.4, -0.2) is 11.8 Å². The van der Waals surface area contributed by atoms with Gasteiger partial charge in [0.1, 0.15) is 5.50 Å².